The third kappa shape index (κ3) is 4.64. The first-order valence-electron chi connectivity index (χ1n) is 6.30. The first-order chi connectivity index (χ1) is 8.19. The van der Waals surface area contributed by atoms with E-state index in [1.807, 2.05) is 11.8 Å². The van der Waals surface area contributed by atoms with Crippen LogP contribution in [0.2, 0.25) is 0 Å². The van der Waals surface area contributed by atoms with E-state index >= 15 is 0 Å². The van der Waals surface area contributed by atoms with Crippen LogP contribution >= 0.6 is 11.8 Å². The van der Waals surface area contributed by atoms with Crippen LogP contribution in [-0.2, 0) is 12.3 Å². The average Bonchev–Trinajstić information content (AvgIpc) is 2.28. The molecule has 17 heavy (non-hydrogen) atoms. The third-order valence-corrected chi connectivity index (χ3v) is 3.76. The van der Waals surface area contributed by atoms with Crippen molar-refractivity contribution in [1.82, 2.24) is 15.3 Å². The van der Waals surface area contributed by atoms with Crippen LogP contribution in [0.5, 0.6) is 0 Å². The van der Waals surface area contributed by atoms with Gasteiger partial charge in [0.2, 0.25) is 0 Å². The predicted molar refractivity (Wildman–Crippen MR) is 75.3 cm³/mol. The largest absolute Gasteiger partial charge is 0.313 e. The second-order valence-electron chi connectivity index (χ2n) is 4.12. The van der Waals surface area contributed by atoms with Crippen LogP contribution in [0.3, 0.4) is 0 Å². The molecular formula is C13H23N3S. The Hall–Kier alpha value is -0.610. The molecule has 0 aliphatic carbocycles. The van der Waals surface area contributed by atoms with Crippen molar-refractivity contribution in [1.29, 1.82) is 0 Å². The molecule has 1 heterocycles. The highest BCUT2D eigenvalue weighted by Gasteiger charge is 2.07. The first-order valence-corrected chi connectivity index (χ1v) is 7.45. The molecule has 0 saturated carbocycles. The van der Waals surface area contributed by atoms with Crippen LogP contribution in [0.4, 0.5) is 0 Å². The second kappa shape index (κ2) is 7.67. The molecule has 0 aliphatic rings. The fourth-order valence-electron chi connectivity index (χ4n) is 1.69. The standard InChI is InChI=1S/C13H23N3S/c1-5-7-17-9-13-15-10(3)12(8-14-6-2)11(4)16-13/h14H,5-9H2,1-4H3. The Morgan fingerprint density at radius 3 is 2.29 bits per heavy atom. The molecule has 0 saturated heterocycles. The summed E-state index contributed by atoms with van der Waals surface area (Å²) in [6.45, 7) is 10.3. The Bertz CT molecular complexity index is 330. The van der Waals surface area contributed by atoms with Crippen molar-refractivity contribution in [3.05, 3.63) is 22.8 Å². The molecule has 3 nitrogen and oxygen atoms in total. The Morgan fingerprint density at radius 1 is 1.12 bits per heavy atom. The summed E-state index contributed by atoms with van der Waals surface area (Å²) in [5.74, 6) is 3.08. The maximum atomic E-state index is 4.59. The van der Waals surface area contributed by atoms with Crippen molar-refractivity contribution < 1.29 is 0 Å². The monoisotopic (exact) mass is 253 g/mol. The summed E-state index contributed by atoms with van der Waals surface area (Å²) in [6.07, 6.45) is 1.21. The van der Waals surface area contributed by atoms with Gasteiger partial charge in [0, 0.05) is 23.5 Å². The second-order valence-corrected chi connectivity index (χ2v) is 5.23. The first kappa shape index (κ1) is 14.5. The predicted octanol–water partition coefficient (Wildman–Crippen LogP) is 2.85. The topological polar surface area (TPSA) is 37.8 Å². The fourth-order valence-corrected chi connectivity index (χ4v) is 2.43. The molecule has 0 fully saturated rings. The molecular weight excluding hydrogens is 230 g/mol. The minimum absolute atomic E-state index is 0.872. The summed E-state index contributed by atoms with van der Waals surface area (Å²) >= 11 is 1.91. The summed E-state index contributed by atoms with van der Waals surface area (Å²) in [5, 5.41) is 3.33. The molecule has 1 rings (SSSR count). The Labute approximate surface area is 109 Å². The summed E-state index contributed by atoms with van der Waals surface area (Å²) in [5.41, 5.74) is 3.48. The molecule has 0 aromatic carbocycles. The normalized spacial score (nSPS) is 10.8. The van der Waals surface area contributed by atoms with Crippen LogP contribution in [0.1, 0.15) is 43.0 Å². The van der Waals surface area contributed by atoms with Crippen LogP contribution < -0.4 is 5.32 Å². The van der Waals surface area contributed by atoms with Gasteiger partial charge in [0.25, 0.3) is 0 Å². The van der Waals surface area contributed by atoms with Gasteiger partial charge in [-0.25, -0.2) is 9.97 Å². The number of aryl methyl sites for hydroxylation is 2. The van der Waals surface area contributed by atoms with E-state index in [0.717, 1.165) is 36.1 Å². The molecule has 4 heteroatoms. The molecule has 0 bridgehead atoms. The maximum absolute atomic E-state index is 4.59. The van der Waals surface area contributed by atoms with E-state index in [1.165, 1.54) is 17.7 Å². The van der Waals surface area contributed by atoms with Crippen molar-refractivity contribution >= 4 is 11.8 Å². The zero-order valence-electron chi connectivity index (χ0n) is 11.3. The van der Waals surface area contributed by atoms with Crippen LogP contribution in [-0.4, -0.2) is 22.3 Å². The van der Waals surface area contributed by atoms with Crippen molar-refractivity contribution in [2.45, 2.75) is 46.4 Å². The zero-order chi connectivity index (χ0) is 12.7. The van der Waals surface area contributed by atoms with E-state index in [9.17, 15) is 0 Å². The molecule has 0 radical (unpaired) electrons. The molecule has 1 aromatic heterocycles. The number of thioether (sulfide) groups is 1. The maximum Gasteiger partial charge on any atom is 0.138 e. The lowest BCUT2D eigenvalue weighted by atomic mass is 10.1. The minimum Gasteiger partial charge on any atom is -0.313 e. The summed E-state index contributed by atoms with van der Waals surface area (Å²) in [6, 6.07) is 0. The van der Waals surface area contributed by atoms with Crippen LogP contribution in [0.25, 0.3) is 0 Å². The lowest BCUT2D eigenvalue weighted by molar-refractivity contribution is 0.707. The van der Waals surface area contributed by atoms with Gasteiger partial charge >= 0.3 is 0 Å². The summed E-state index contributed by atoms with van der Waals surface area (Å²) < 4.78 is 0. The van der Waals surface area contributed by atoms with E-state index in [2.05, 4.69) is 43.0 Å². The Balaban J connectivity index is 2.71. The lowest BCUT2D eigenvalue weighted by Gasteiger charge is -2.11. The smallest absolute Gasteiger partial charge is 0.138 e. The highest BCUT2D eigenvalue weighted by Crippen LogP contribution is 2.14. The number of hydrogen-bond donors (Lipinski definition) is 1. The Kier molecular flexibility index (Phi) is 6.52. The van der Waals surface area contributed by atoms with Gasteiger partial charge in [0.05, 0.1) is 5.75 Å². The van der Waals surface area contributed by atoms with Crippen molar-refractivity contribution in [2.75, 3.05) is 12.3 Å². The van der Waals surface area contributed by atoms with Gasteiger partial charge in [0.1, 0.15) is 5.82 Å². The van der Waals surface area contributed by atoms with E-state index in [1.54, 1.807) is 0 Å². The van der Waals surface area contributed by atoms with Gasteiger partial charge in [-0.1, -0.05) is 13.8 Å². The third-order valence-electron chi connectivity index (χ3n) is 2.60. The SMILES string of the molecule is CCCSCc1nc(C)c(CNCC)c(C)n1. The number of aromatic nitrogens is 2. The molecule has 0 aliphatic heterocycles. The molecule has 0 spiro atoms. The van der Waals surface area contributed by atoms with E-state index in [0.29, 0.717) is 0 Å². The van der Waals surface area contributed by atoms with Gasteiger partial charge in [-0.2, -0.15) is 11.8 Å². The van der Waals surface area contributed by atoms with E-state index in [-0.39, 0.29) is 0 Å². The van der Waals surface area contributed by atoms with Gasteiger partial charge < -0.3 is 5.32 Å². The van der Waals surface area contributed by atoms with Gasteiger partial charge in [0.15, 0.2) is 0 Å². The Morgan fingerprint density at radius 2 is 1.76 bits per heavy atom. The van der Waals surface area contributed by atoms with Crippen molar-refractivity contribution in [2.24, 2.45) is 0 Å². The highest BCUT2D eigenvalue weighted by molar-refractivity contribution is 7.98. The average molecular weight is 253 g/mol. The van der Waals surface area contributed by atoms with Crippen LogP contribution in [0, 0.1) is 13.8 Å². The van der Waals surface area contributed by atoms with Gasteiger partial charge in [-0.15, -0.1) is 0 Å². The zero-order valence-corrected chi connectivity index (χ0v) is 12.2. The van der Waals surface area contributed by atoms with Crippen LogP contribution in [0.15, 0.2) is 0 Å². The molecule has 0 unspecified atom stereocenters. The number of rotatable bonds is 7. The molecule has 0 atom stereocenters. The van der Waals surface area contributed by atoms with Crippen molar-refractivity contribution in [3.8, 4) is 0 Å². The van der Waals surface area contributed by atoms with Crippen molar-refractivity contribution in [3.63, 3.8) is 0 Å². The number of nitrogens with one attached hydrogen (secondary N) is 1. The quantitative estimate of drug-likeness (QED) is 0.758. The number of hydrogen-bond acceptors (Lipinski definition) is 4. The summed E-state index contributed by atoms with van der Waals surface area (Å²) in [4.78, 5) is 9.17. The van der Waals surface area contributed by atoms with Gasteiger partial charge in [-0.05, 0) is 32.6 Å². The minimum atomic E-state index is 0.872. The van der Waals surface area contributed by atoms with E-state index < -0.39 is 0 Å². The van der Waals surface area contributed by atoms with E-state index in [4.69, 9.17) is 0 Å². The molecule has 96 valence electrons. The molecule has 0 amide bonds. The lowest BCUT2D eigenvalue weighted by Crippen LogP contribution is -2.16. The molecule has 1 aromatic rings. The summed E-state index contributed by atoms with van der Waals surface area (Å²) in [7, 11) is 0. The molecule has 1 N–H and O–H groups in total. The van der Waals surface area contributed by atoms with Gasteiger partial charge in [-0.3, -0.25) is 0 Å². The number of nitrogens with zero attached hydrogens (tertiary/aromatic N) is 2. The fraction of sp³-hybridized carbons (Fsp3) is 0.692. The highest BCUT2D eigenvalue weighted by atomic mass is 32.2.